The Bertz CT molecular complexity index is 501. The van der Waals surface area contributed by atoms with Gasteiger partial charge in [0.15, 0.2) is 0 Å². The van der Waals surface area contributed by atoms with Crippen molar-refractivity contribution < 1.29 is 39.0 Å². The summed E-state index contributed by atoms with van der Waals surface area (Å²) >= 11 is 0. The second-order valence-electron chi connectivity index (χ2n) is 5.53. The number of carboxylic acid groups (broad SMARTS) is 2. The molecule has 0 aliphatic carbocycles. The van der Waals surface area contributed by atoms with Crippen LogP contribution in [0.2, 0.25) is 0 Å². The van der Waals surface area contributed by atoms with Gasteiger partial charge in [0.05, 0.1) is 0 Å². The molecular formula is C15H23N3O8. The Kier molecular flexibility index (Phi) is 11.2. The van der Waals surface area contributed by atoms with Gasteiger partial charge in [0, 0.05) is 32.1 Å². The Labute approximate surface area is 149 Å². The molecule has 6 N–H and O–H groups in total. The van der Waals surface area contributed by atoms with E-state index in [9.17, 15) is 28.8 Å². The van der Waals surface area contributed by atoms with Crippen molar-refractivity contribution in [1.29, 1.82) is 0 Å². The van der Waals surface area contributed by atoms with Crippen LogP contribution in [-0.4, -0.2) is 51.8 Å². The molecule has 2 rings (SSSR count). The number of carbonyl (C=O) groups is 6. The maximum Gasteiger partial charge on any atom is 0.320 e. The van der Waals surface area contributed by atoms with Gasteiger partial charge in [-0.1, -0.05) is 0 Å². The number of nitrogens with one attached hydrogen (secondary N) is 2. The number of nitrogens with two attached hydrogens (primary N) is 1. The topological polar surface area (TPSA) is 193 Å². The molecule has 0 spiro atoms. The van der Waals surface area contributed by atoms with E-state index in [0.29, 0.717) is 38.5 Å². The Hall–Kier alpha value is -2.82. The van der Waals surface area contributed by atoms with Crippen molar-refractivity contribution in [3.05, 3.63) is 0 Å². The zero-order valence-corrected chi connectivity index (χ0v) is 14.2. The van der Waals surface area contributed by atoms with E-state index in [4.69, 9.17) is 15.9 Å². The van der Waals surface area contributed by atoms with Crippen LogP contribution in [0.5, 0.6) is 0 Å². The molecule has 0 radical (unpaired) electrons. The standard InChI is InChI=1S/C5H9NO4.2C5H7NO2/c6-3(5(9)10)1-2-4(7)8;2*7-4-2-1-3-5(8)6-4/h3H,1-2,6H2,(H,7,8)(H,9,10);2*1-3H2,(H,6,7,8)/t3-;;/m0../s1. The number of imide groups is 2. The van der Waals surface area contributed by atoms with Gasteiger partial charge in [0.2, 0.25) is 23.6 Å². The highest BCUT2D eigenvalue weighted by atomic mass is 16.4. The van der Waals surface area contributed by atoms with Gasteiger partial charge in [-0.2, -0.15) is 0 Å². The highest BCUT2D eigenvalue weighted by Crippen LogP contribution is 2.01. The van der Waals surface area contributed by atoms with Crippen LogP contribution in [-0.2, 0) is 28.8 Å². The third-order valence-electron chi connectivity index (χ3n) is 3.16. The fourth-order valence-corrected chi connectivity index (χ4v) is 1.78. The molecule has 2 heterocycles. The number of carboxylic acids is 2. The zero-order chi connectivity index (χ0) is 20.1. The summed E-state index contributed by atoms with van der Waals surface area (Å²) in [5.41, 5.74) is 5.00. The summed E-state index contributed by atoms with van der Waals surface area (Å²) in [6.07, 6.45) is 3.22. The van der Waals surface area contributed by atoms with Crippen LogP contribution >= 0.6 is 0 Å². The van der Waals surface area contributed by atoms with E-state index in [1.54, 1.807) is 0 Å². The third kappa shape index (κ3) is 12.6. The minimum absolute atomic E-state index is 0.0231. The van der Waals surface area contributed by atoms with E-state index >= 15 is 0 Å². The Morgan fingerprint density at radius 3 is 1.38 bits per heavy atom. The second-order valence-corrected chi connectivity index (χ2v) is 5.53. The number of aliphatic carboxylic acids is 2. The van der Waals surface area contributed by atoms with Crippen molar-refractivity contribution >= 4 is 35.6 Å². The Balaban J connectivity index is 0.000000363. The van der Waals surface area contributed by atoms with Crippen LogP contribution in [0.3, 0.4) is 0 Å². The van der Waals surface area contributed by atoms with Crippen LogP contribution < -0.4 is 16.4 Å². The molecule has 0 aromatic carbocycles. The lowest BCUT2D eigenvalue weighted by Gasteiger charge is -2.07. The van der Waals surface area contributed by atoms with Gasteiger partial charge in [-0.15, -0.1) is 0 Å². The fraction of sp³-hybridized carbons (Fsp3) is 0.600. The fourth-order valence-electron chi connectivity index (χ4n) is 1.78. The first kappa shape index (κ1) is 23.2. The molecule has 26 heavy (non-hydrogen) atoms. The smallest absolute Gasteiger partial charge is 0.320 e. The van der Waals surface area contributed by atoms with Crippen molar-refractivity contribution in [2.24, 2.45) is 5.73 Å². The lowest BCUT2D eigenvalue weighted by molar-refractivity contribution is -0.140. The van der Waals surface area contributed by atoms with Gasteiger partial charge >= 0.3 is 11.9 Å². The minimum Gasteiger partial charge on any atom is -0.481 e. The van der Waals surface area contributed by atoms with Crippen molar-refractivity contribution in [2.75, 3.05) is 0 Å². The molecule has 11 heteroatoms. The van der Waals surface area contributed by atoms with Crippen LogP contribution in [0.1, 0.15) is 51.4 Å². The van der Waals surface area contributed by atoms with E-state index in [1.165, 1.54) is 0 Å². The van der Waals surface area contributed by atoms with E-state index in [-0.39, 0.29) is 36.5 Å². The molecule has 0 aromatic rings. The predicted octanol–water partition coefficient (Wildman–Crippen LogP) is -1.11. The SMILES string of the molecule is N[C@@H](CCC(=O)O)C(=O)O.O=C1CCCC(=O)N1.O=C1CCCC(=O)N1. The van der Waals surface area contributed by atoms with Gasteiger partial charge in [-0.3, -0.25) is 39.4 Å². The first-order chi connectivity index (χ1) is 12.1. The Morgan fingerprint density at radius 2 is 1.19 bits per heavy atom. The molecule has 146 valence electrons. The van der Waals surface area contributed by atoms with E-state index < -0.39 is 18.0 Å². The molecule has 0 aromatic heterocycles. The first-order valence-electron chi connectivity index (χ1n) is 7.97. The molecule has 0 saturated carbocycles. The largest absolute Gasteiger partial charge is 0.481 e. The molecule has 0 unspecified atom stereocenters. The summed E-state index contributed by atoms with van der Waals surface area (Å²) in [7, 11) is 0. The van der Waals surface area contributed by atoms with Crippen molar-refractivity contribution in [3.63, 3.8) is 0 Å². The van der Waals surface area contributed by atoms with Crippen molar-refractivity contribution in [3.8, 4) is 0 Å². The monoisotopic (exact) mass is 373 g/mol. The van der Waals surface area contributed by atoms with Crippen molar-refractivity contribution in [1.82, 2.24) is 10.6 Å². The quantitative estimate of drug-likeness (QED) is 0.380. The molecule has 2 saturated heterocycles. The molecule has 2 aliphatic heterocycles. The summed E-state index contributed by atoms with van der Waals surface area (Å²) in [5, 5.41) is 20.7. The van der Waals surface area contributed by atoms with Crippen LogP contribution in [0.15, 0.2) is 0 Å². The van der Waals surface area contributed by atoms with Gasteiger partial charge < -0.3 is 15.9 Å². The first-order valence-corrected chi connectivity index (χ1v) is 7.97. The summed E-state index contributed by atoms with van der Waals surface area (Å²) in [6, 6.07) is -1.06. The molecule has 2 aliphatic rings. The Morgan fingerprint density at radius 1 is 0.846 bits per heavy atom. The predicted molar refractivity (Wildman–Crippen MR) is 86.5 cm³/mol. The summed E-state index contributed by atoms with van der Waals surface area (Å²) in [6.45, 7) is 0. The van der Waals surface area contributed by atoms with Gasteiger partial charge in [-0.25, -0.2) is 0 Å². The number of hydrogen-bond acceptors (Lipinski definition) is 7. The normalized spacial score (nSPS) is 17.4. The second kappa shape index (κ2) is 12.5. The molecule has 1 atom stereocenters. The number of carbonyl (C=O) groups excluding carboxylic acids is 4. The average molecular weight is 373 g/mol. The molecule has 2 fully saturated rings. The minimum atomic E-state index is -1.17. The van der Waals surface area contributed by atoms with Crippen LogP contribution in [0.25, 0.3) is 0 Å². The van der Waals surface area contributed by atoms with Crippen molar-refractivity contribution in [2.45, 2.75) is 57.4 Å². The number of rotatable bonds is 4. The van der Waals surface area contributed by atoms with Gasteiger partial charge in [0.25, 0.3) is 0 Å². The van der Waals surface area contributed by atoms with E-state index in [2.05, 4.69) is 10.6 Å². The van der Waals surface area contributed by atoms with Gasteiger partial charge in [-0.05, 0) is 19.3 Å². The van der Waals surface area contributed by atoms with Gasteiger partial charge in [0.1, 0.15) is 6.04 Å². The highest BCUT2D eigenvalue weighted by molar-refractivity contribution is 5.97. The lowest BCUT2D eigenvalue weighted by Crippen LogP contribution is -2.33. The maximum atomic E-state index is 10.3. The number of amides is 4. The van der Waals surface area contributed by atoms with Crippen LogP contribution in [0, 0.1) is 0 Å². The molecular weight excluding hydrogens is 350 g/mol. The summed E-state index contributed by atoms with van der Waals surface area (Å²) < 4.78 is 0. The molecule has 4 amide bonds. The van der Waals surface area contributed by atoms with Crippen LogP contribution in [0.4, 0.5) is 0 Å². The number of hydrogen-bond donors (Lipinski definition) is 5. The average Bonchev–Trinajstić information content (AvgIpc) is 2.53. The van der Waals surface area contributed by atoms with E-state index in [1.807, 2.05) is 0 Å². The summed E-state index contributed by atoms with van der Waals surface area (Å²) in [4.78, 5) is 61.2. The highest BCUT2D eigenvalue weighted by Gasteiger charge is 2.14. The third-order valence-corrected chi connectivity index (χ3v) is 3.16. The lowest BCUT2D eigenvalue weighted by atomic mass is 10.1. The molecule has 0 bridgehead atoms. The molecule has 11 nitrogen and oxygen atoms in total. The van der Waals surface area contributed by atoms with E-state index in [0.717, 1.165) is 0 Å². The maximum absolute atomic E-state index is 10.3. The summed E-state index contributed by atoms with van der Waals surface area (Å²) in [5.74, 6) is -2.75. The number of piperidine rings is 2. The zero-order valence-electron chi connectivity index (χ0n) is 14.2.